The molecule has 0 atom stereocenters. The summed E-state index contributed by atoms with van der Waals surface area (Å²) in [4.78, 5) is 25.8. The molecule has 0 bridgehead atoms. The van der Waals surface area contributed by atoms with Crippen molar-refractivity contribution in [2.45, 2.75) is 13.3 Å². The average Bonchev–Trinajstić information content (AvgIpc) is 2.62. The van der Waals surface area contributed by atoms with E-state index >= 15 is 0 Å². The van der Waals surface area contributed by atoms with E-state index in [9.17, 15) is 14.0 Å². The van der Waals surface area contributed by atoms with Gasteiger partial charge >= 0.3 is 5.97 Å². The fourth-order valence-corrected chi connectivity index (χ4v) is 2.57. The summed E-state index contributed by atoms with van der Waals surface area (Å²) in [6.45, 7) is 1.29. The van der Waals surface area contributed by atoms with Gasteiger partial charge in [0.2, 0.25) is 0 Å². The van der Waals surface area contributed by atoms with Crippen LogP contribution in [0.1, 0.15) is 22.3 Å². The predicted octanol–water partition coefficient (Wildman–Crippen LogP) is 4.54. The van der Waals surface area contributed by atoms with Gasteiger partial charge in [-0.1, -0.05) is 23.2 Å². The van der Waals surface area contributed by atoms with Crippen LogP contribution in [0.3, 0.4) is 0 Å². The first-order valence-electron chi connectivity index (χ1n) is 7.89. The summed E-state index contributed by atoms with van der Waals surface area (Å²) >= 11 is 11.6. The lowest BCUT2D eigenvalue weighted by atomic mass is 10.2. The summed E-state index contributed by atoms with van der Waals surface area (Å²) in [7, 11) is 0. The Bertz CT molecular complexity index is 912. The molecule has 0 spiro atoms. The van der Waals surface area contributed by atoms with Gasteiger partial charge in [-0.2, -0.15) is 5.26 Å². The second kappa shape index (κ2) is 9.36. The molecule has 27 heavy (non-hydrogen) atoms. The number of hydrogen-bond acceptors (Lipinski definition) is 4. The SMILES string of the molecule is Cc1cc(N(CCC#N)C(=O)COC(=O)c2ccc(Cl)cc2F)ccc1Cl. The van der Waals surface area contributed by atoms with Crippen LogP contribution in [-0.4, -0.2) is 25.0 Å². The molecule has 0 aliphatic rings. The predicted molar refractivity (Wildman–Crippen MR) is 100 cm³/mol. The number of halogens is 3. The van der Waals surface area contributed by atoms with E-state index in [4.69, 9.17) is 33.2 Å². The summed E-state index contributed by atoms with van der Waals surface area (Å²) in [5, 5.41) is 9.49. The van der Waals surface area contributed by atoms with Gasteiger partial charge in [0.05, 0.1) is 18.1 Å². The molecule has 0 saturated carbocycles. The second-order valence-electron chi connectivity index (χ2n) is 5.59. The molecule has 0 N–H and O–H groups in total. The summed E-state index contributed by atoms with van der Waals surface area (Å²) in [6.07, 6.45) is 0.0904. The van der Waals surface area contributed by atoms with E-state index in [-0.39, 0.29) is 23.6 Å². The maximum atomic E-state index is 13.8. The maximum absolute atomic E-state index is 13.8. The maximum Gasteiger partial charge on any atom is 0.341 e. The molecule has 0 aromatic heterocycles. The van der Waals surface area contributed by atoms with E-state index in [2.05, 4.69) is 0 Å². The topological polar surface area (TPSA) is 70.4 Å². The zero-order chi connectivity index (χ0) is 20.0. The van der Waals surface area contributed by atoms with Crippen LogP contribution in [-0.2, 0) is 9.53 Å². The Hall–Kier alpha value is -2.62. The van der Waals surface area contributed by atoms with E-state index < -0.39 is 24.3 Å². The number of ether oxygens (including phenoxy) is 1. The highest BCUT2D eigenvalue weighted by Gasteiger charge is 2.20. The number of aryl methyl sites for hydroxylation is 1. The number of nitriles is 1. The van der Waals surface area contributed by atoms with Gasteiger partial charge in [0.25, 0.3) is 5.91 Å². The number of nitrogens with zero attached hydrogens (tertiary/aromatic N) is 2. The van der Waals surface area contributed by atoms with Gasteiger partial charge in [0.15, 0.2) is 6.61 Å². The Morgan fingerprint density at radius 2 is 1.96 bits per heavy atom. The smallest absolute Gasteiger partial charge is 0.341 e. The number of anilines is 1. The Morgan fingerprint density at radius 1 is 1.22 bits per heavy atom. The highest BCUT2D eigenvalue weighted by molar-refractivity contribution is 6.31. The van der Waals surface area contributed by atoms with Crippen molar-refractivity contribution in [2.75, 3.05) is 18.1 Å². The standard InChI is InChI=1S/C19H15Cl2FN2O3/c1-12-9-14(4-6-16(12)21)24(8-2-7-23)18(25)11-27-19(26)15-5-3-13(20)10-17(15)22/h3-6,9-10H,2,8,11H2,1H3. The molecular weight excluding hydrogens is 394 g/mol. The minimum atomic E-state index is -0.981. The van der Waals surface area contributed by atoms with Crippen molar-refractivity contribution in [3.05, 3.63) is 63.4 Å². The lowest BCUT2D eigenvalue weighted by Crippen LogP contribution is -2.35. The summed E-state index contributed by atoms with van der Waals surface area (Å²) in [6, 6.07) is 10.4. The minimum absolute atomic E-state index is 0.0904. The highest BCUT2D eigenvalue weighted by atomic mass is 35.5. The second-order valence-corrected chi connectivity index (χ2v) is 6.43. The van der Waals surface area contributed by atoms with Gasteiger partial charge in [0, 0.05) is 22.3 Å². The average molecular weight is 409 g/mol. The number of hydrogen-bond donors (Lipinski definition) is 0. The van der Waals surface area contributed by atoms with E-state index in [0.717, 1.165) is 11.6 Å². The zero-order valence-corrected chi connectivity index (χ0v) is 15.9. The van der Waals surface area contributed by atoms with Crippen molar-refractivity contribution in [2.24, 2.45) is 0 Å². The van der Waals surface area contributed by atoms with Crippen molar-refractivity contribution < 1.29 is 18.7 Å². The summed E-state index contributed by atoms with van der Waals surface area (Å²) in [5.74, 6) is -2.37. The molecular formula is C19H15Cl2FN2O3. The van der Waals surface area contributed by atoms with E-state index in [0.29, 0.717) is 10.7 Å². The van der Waals surface area contributed by atoms with Crippen molar-refractivity contribution >= 4 is 40.8 Å². The monoisotopic (exact) mass is 408 g/mol. The highest BCUT2D eigenvalue weighted by Crippen LogP contribution is 2.23. The first-order valence-corrected chi connectivity index (χ1v) is 8.64. The third kappa shape index (κ3) is 5.43. The molecule has 0 unspecified atom stereocenters. The van der Waals surface area contributed by atoms with Crippen LogP contribution in [0.25, 0.3) is 0 Å². The lowest BCUT2D eigenvalue weighted by molar-refractivity contribution is -0.121. The van der Waals surface area contributed by atoms with Crippen molar-refractivity contribution in [3.8, 4) is 6.07 Å². The van der Waals surface area contributed by atoms with E-state index in [1.807, 2.05) is 6.07 Å². The number of amides is 1. The third-order valence-electron chi connectivity index (χ3n) is 3.68. The van der Waals surface area contributed by atoms with Gasteiger partial charge in [0.1, 0.15) is 5.82 Å². The molecule has 140 valence electrons. The first kappa shape index (κ1) is 20.7. The van der Waals surface area contributed by atoms with Crippen LogP contribution >= 0.6 is 23.2 Å². The lowest BCUT2D eigenvalue weighted by Gasteiger charge is -2.22. The fraction of sp³-hybridized carbons (Fsp3) is 0.211. The van der Waals surface area contributed by atoms with Crippen LogP contribution in [0.5, 0.6) is 0 Å². The quantitative estimate of drug-likeness (QED) is 0.657. The molecule has 1 amide bonds. The molecule has 2 aromatic rings. The summed E-state index contributed by atoms with van der Waals surface area (Å²) in [5.41, 5.74) is 0.952. The molecule has 0 aliphatic heterocycles. The van der Waals surface area contributed by atoms with Gasteiger partial charge in [-0.15, -0.1) is 0 Å². The zero-order valence-electron chi connectivity index (χ0n) is 14.3. The molecule has 5 nitrogen and oxygen atoms in total. The number of carbonyl (C=O) groups is 2. The molecule has 2 aromatic carbocycles. The number of esters is 1. The van der Waals surface area contributed by atoms with Gasteiger partial charge in [-0.25, -0.2) is 9.18 Å². The normalized spacial score (nSPS) is 10.2. The molecule has 0 saturated heterocycles. The van der Waals surface area contributed by atoms with Crippen molar-refractivity contribution in [1.82, 2.24) is 0 Å². The molecule has 8 heteroatoms. The Labute approximate surface area is 165 Å². The molecule has 0 aliphatic carbocycles. The van der Waals surface area contributed by atoms with E-state index in [1.54, 1.807) is 25.1 Å². The molecule has 2 rings (SSSR count). The summed E-state index contributed by atoms with van der Waals surface area (Å²) < 4.78 is 18.7. The van der Waals surface area contributed by atoms with E-state index in [1.165, 1.54) is 17.0 Å². The Morgan fingerprint density at radius 3 is 2.59 bits per heavy atom. The van der Waals surface area contributed by atoms with Crippen molar-refractivity contribution in [3.63, 3.8) is 0 Å². The van der Waals surface area contributed by atoms with Crippen LogP contribution < -0.4 is 4.90 Å². The Kier molecular flexibility index (Phi) is 7.17. The van der Waals surface area contributed by atoms with Gasteiger partial charge < -0.3 is 9.64 Å². The van der Waals surface area contributed by atoms with Crippen LogP contribution in [0.2, 0.25) is 10.0 Å². The van der Waals surface area contributed by atoms with Crippen LogP contribution in [0, 0.1) is 24.1 Å². The van der Waals surface area contributed by atoms with Gasteiger partial charge in [-0.3, -0.25) is 4.79 Å². The first-order chi connectivity index (χ1) is 12.8. The molecule has 0 fully saturated rings. The third-order valence-corrected chi connectivity index (χ3v) is 4.34. The number of rotatable bonds is 6. The minimum Gasteiger partial charge on any atom is -0.452 e. The van der Waals surface area contributed by atoms with Crippen LogP contribution in [0.15, 0.2) is 36.4 Å². The molecule has 0 radical (unpaired) electrons. The van der Waals surface area contributed by atoms with Crippen LogP contribution in [0.4, 0.5) is 10.1 Å². The largest absolute Gasteiger partial charge is 0.452 e. The molecule has 0 heterocycles. The number of benzene rings is 2. The van der Waals surface area contributed by atoms with Crippen molar-refractivity contribution in [1.29, 1.82) is 5.26 Å². The fourth-order valence-electron chi connectivity index (χ4n) is 2.29. The van der Waals surface area contributed by atoms with Gasteiger partial charge in [-0.05, 0) is 48.9 Å². The number of carbonyl (C=O) groups excluding carboxylic acids is 2. The Balaban J connectivity index is 2.12.